The molecule has 35 heavy (non-hydrogen) atoms. The summed E-state index contributed by atoms with van der Waals surface area (Å²) in [4.78, 5) is 13.8. The molecule has 1 aliphatic heterocycles. The van der Waals surface area contributed by atoms with Crippen molar-refractivity contribution in [2.45, 2.75) is 19.8 Å². The van der Waals surface area contributed by atoms with Crippen molar-refractivity contribution < 1.29 is 0 Å². The topological polar surface area (TPSA) is 91.4 Å². The Kier molecular flexibility index (Phi) is 5.22. The number of benzene rings is 2. The standard InChI is InChI=1S/C28H25N7/c1-17-22-10-12-31-28(17)32-18(2)27-23-14-21(8-9-24(23)34-35-27)25-15-29-16-26(33-25)30-11-4-6-19-5-3-7-20(22)13-19/h3,5,7-10,12-16H,2,4,6,11H2,1H3,(H,30,33)(H,31,32)(H,34,35). The van der Waals surface area contributed by atoms with Crippen LogP contribution in [0.5, 0.6) is 0 Å². The van der Waals surface area contributed by atoms with Crippen LogP contribution in [0, 0.1) is 6.92 Å². The molecule has 0 spiro atoms. The van der Waals surface area contributed by atoms with Crippen molar-refractivity contribution in [2.75, 3.05) is 17.2 Å². The molecule has 7 nitrogen and oxygen atoms in total. The Balaban J connectivity index is 1.48. The zero-order valence-corrected chi connectivity index (χ0v) is 19.5. The Morgan fingerprint density at radius 2 is 1.94 bits per heavy atom. The molecule has 0 fully saturated rings. The highest BCUT2D eigenvalue weighted by Crippen LogP contribution is 2.31. The van der Waals surface area contributed by atoms with E-state index in [4.69, 9.17) is 4.98 Å². The number of pyridine rings is 1. The molecule has 172 valence electrons. The molecule has 3 aromatic heterocycles. The van der Waals surface area contributed by atoms with Crippen molar-refractivity contribution in [3.63, 3.8) is 0 Å². The molecule has 0 saturated heterocycles. The fourth-order valence-electron chi connectivity index (χ4n) is 4.57. The Bertz CT molecular complexity index is 1570. The number of rotatable bonds is 0. The monoisotopic (exact) mass is 459 g/mol. The molecule has 5 aromatic rings. The maximum Gasteiger partial charge on any atom is 0.145 e. The van der Waals surface area contributed by atoms with Crippen LogP contribution in [0.15, 0.2) is 73.7 Å². The minimum atomic E-state index is 0.675. The number of anilines is 2. The molecule has 7 heteroatoms. The van der Waals surface area contributed by atoms with E-state index in [1.165, 1.54) is 11.1 Å². The van der Waals surface area contributed by atoms with E-state index in [1.807, 2.05) is 18.3 Å². The molecule has 4 heterocycles. The maximum absolute atomic E-state index is 4.79. The van der Waals surface area contributed by atoms with Gasteiger partial charge in [-0.05, 0) is 60.2 Å². The number of aromatic amines is 1. The number of fused-ring (bicyclic) bond motifs is 9. The van der Waals surface area contributed by atoms with Crippen LogP contribution in [-0.2, 0) is 6.42 Å². The summed E-state index contributed by atoms with van der Waals surface area (Å²) in [6, 6.07) is 16.9. The minimum Gasteiger partial charge on any atom is -0.369 e. The van der Waals surface area contributed by atoms with Gasteiger partial charge in [-0.25, -0.2) is 9.97 Å². The zero-order valence-electron chi connectivity index (χ0n) is 19.5. The average Bonchev–Trinajstić information content (AvgIpc) is 3.31. The van der Waals surface area contributed by atoms with E-state index in [0.29, 0.717) is 5.70 Å². The molecule has 3 N–H and O–H groups in total. The van der Waals surface area contributed by atoms with E-state index >= 15 is 0 Å². The Hall–Kier alpha value is -4.52. The second-order valence-corrected chi connectivity index (χ2v) is 8.79. The third-order valence-corrected chi connectivity index (χ3v) is 6.44. The van der Waals surface area contributed by atoms with Gasteiger partial charge in [-0.15, -0.1) is 0 Å². The second-order valence-electron chi connectivity index (χ2n) is 8.79. The van der Waals surface area contributed by atoms with E-state index in [1.54, 1.807) is 12.4 Å². The van der Waals surface area contributed by atoms with E-state index in [-0.39, 0.29) is 0 Å². The largest absolute Gasteiger partial charge is 0.369 e. The van der Waals surface area contributed by atoms with E-state index in [9.17, 15) is 0 Å². The lowest BCUT2D eigenvalue weighted by atomic mass is 9.98. The summed E-state index contributed by atoms with van der Waals surface area (Å²) in [5.74, 6) is 1.54. The summed E-state index contributed by atoms with van der Waals surface area (Å²) in [5.41, 5.74) is 8.81. The number of aryl methyl sites for hydroxylation is 1. The average molecular weight is 460 g/mol. The quantitative estimate of drug-likeness (QED) is 0.270. The Labute approximate surface area is 203 Å². The zero-order chi connectivity index (χ0) is 23.8. The number of nitrogens with zero attached hydrogens (tertiary/aromatic N) is 4. The first kappa shape index (κ1) is 21.0. The summed E-state index contributed by atoms with van der Waals surface area (Å²) in [7, 11) is 0. The van der Waals surface area contributed by atoms with Crippen molar-refractivity contribution in [3.05, 3.63) is 90.5 Å². The van der Waals surface area contributed by atoms with Crippen LogP contribution in [0.3, 0.4) is 0 Å². The number of aromatic nitrogens is 5. The first-order valence-electron chi connectivity index (χ1n) is 11.7. The van der Waals surface area contributed by atoms with Gasteiger partial charge in [0, 0.05) is 23.7 Å². The molecule has 0 atom stereocenters. The molecule has 0 unspecified atom stereocenters. The lowest BCUT2D eigenvalue weighted by Crippen LogP contribution is -2.05. The third-order valence-electron chi connectivity index (χ3n) is 6.44. The predicted octanol–water partition coefficient (Wildman–Crippen LogP) is 5.83. The van der Waals surface area contributed by atoms with Crippen LogP contribution in [-0.4, -0.2) is 31.7 Å². The molecular weight excluding hydrogens is 434 g/mol. The van der Waals surface area contributed by atoms with Crippen LogP contribution in [0.1, 0.15) is 23.2 Å². The molecule has 0 amide bonds. The first-order chi connectivity index (χ1) is 17.2. The second kappa shape index (κ2) is 8.68. The highest BCUT2D eigenvalue weighted by molar-refractivity contribution is 5.95. The van der Waals surface area contributed by atoms with Crippen molar-refractivity contribution in [1.82, 2.24) is 25.1 Å². The van der Waals surface area contributed by atoms with Crippen molar-refractivity contribution >= 4 is 28.2 Å². The van der Waals surface area contributed by atoms with Crippen LogP contribution < -0.4 is 10.6 Å². The third kappa shape index (κ3) is 4.01. The molecule has 2 aromatic carbocycles. The summed E-state index contributed by atoms with van der Waals surface area (Å²) >= 11 is 0. The molecular formula is C28H25N7. The molecule has 8 bridgehead atoms. The van der Waals surface area contributed by atoms with E-state index in [0.717, 1.165) is 70.0 Å². The van der Waals surface area contributed by atoms with Gasteiger partial charge in [-0.2, -0.15) is 5.10 Å². The van der Waals surface area contributed by atoms with Gasteiger partial charge in [0.15, 0.2) is 0 Å². The van der Waals surface area contributed by atoms with E-state index in [2.05, 4.69) is 80.7 Å². The van der Waals surface area contributed by atoms with Gasteiger partial charge in [-0.1, -0.05) is 36.9 Å². The lowest BCUT2D eigenvalue weighted by molar-refractivity contribution is 0.858. The summed E-state index contributed by atoms with van der Waals surface area (Å²) < 4.78 is 0. The molecule has 1 aliphatic rings. The van der Waals surface area contributed by atoms with Crippen molar-refractivity contribution in [2.24, 2.45) is 0 Å². The normalized spacial score (nSPS) is 13.5. The van der Waals surface area contributed by atoms with Gasteiger partial charge < -0.3 is 10.6 Å². The van der Waals surface area contributed by atoms with Gasteiger partial charge in [0.2, 0.25) is 0 Å². The van der Waals surface area contributed by atoms with Gasteiger partial charge in [0.25, 0.3) is 0 Å². The summed E-state index contributed by atoms with van der Waals surface area (Å²) in [5, 5.41) is 15.4. The minimum absolute atomic E-state index is 0.675. The molecule has 0 aliphatic carbocycles. The summed E-state index contributed by atoms with van der Waals surface area (Å²) in [6.45, 7) is 7.18. The van der Waals surface area contributed by atoms with Crippen LogP contribution in [0.2, 0.25) is 0 Å². The highest BCUT2D eigenvalue weighted by Gasteiger charge is 2.15. The van der Waals surface area contributed by atoms with Gasteiger partial charge in [0.1, 0.15) is 17.3 Å². The highest BCUT2D eigenvalue weighted by atomic mass is 15.1. The van der Waals surface area contributed by atoms with E-state index < -0.39 is 0 Å². The maximum atomic E-state index is 4.79. The fourth-order valence-corrected chi connectivity index (χ4v) is 4.57. The van der Waals surface area contributed by atoms with Crippen molar-refractivity contribution in [1.29, 1.82) is 0 Å². The van der Waals surface area contributed by atoms with Crippen molar-refractivity contribution in [3.8, 4) is 22.4 Å². The number of hydrogen-bond acceptors (Lipinski definition) is 6. The van der Waals surface area contributed by atoms with Crippen LogP contribution >= 0.6 is 0 Å². The summed E-state index contributed by atoms with van der Waals surface area (Å²) in [6.07, 6.45) is 7.34. The molecule has 6 rings (SSSR count). The molecule has 0 saturated carbocycles. The van der Waals surface area contributed by atoms with Crippen LogP contribution in [0.25, 0.3) is 39.0 Å². The number of nitrogens with one attached hydrogen (secondary N) is 3. The van der Waals surface area contributed by atoms with Crippen LogP contribution in [0.4, 0.5) is 11.6 Å². The Morgan fingerprint density at radius 1 is 1.00 bits per heavy atom. The first-order valence-corrected chi connectivity index (χ1v) is 11.7. The Morgan fingerprint density at radius 3 is 2.89 bits per heavy atom. The predicted molar refractivity (Wildman–Crippen MR) is 141 cm³/mol. The lowest BCUT2D eigenvalue weighted by Gasteiger charge is -2.14. The van der Waals surface area contributed by atoms with Gasteiger partial charge >= 0.3 is 0 Å². The van der Waals surface area contributed by atoms with Gasteiger partial charge in [-0.3, -0.25) is 10.1 Å². The fraction of sp³-hybridized carbons (Fsp3) is 0.143. The molecule has 0 radical (unpaired) electrons. The number of H-pyrrole nitrogens is 1. The van der Waals surface area contributed by atoms with Gasteiger partial charge in [0.05, 0.1) is 29.3 Å². The SMILES string of the molecule is C=C1Nc2nccc(c2C)-c2cccc(c2)CCCNc2cncc(n2)-c2ccc3[nH]nc1c3c2. The smallest absolute Gasteiger partial charge is 0.145 e. The number of hydrogen-bond donors (Lipinski definition) is 3.